The molecule has 1 aliphatic heterocycles. The molecule has 2 rings (SSSR count). The van der Waals surface area contributed by atoms with Gasteiger partial charge in [-0.05, 0) is 19.4 Å². The van der Waals surface area contributed by atoms with Crippen LogP contribution >= 0.6 is 0 Å². The average Bonchev–Trinajstić information content (AvgIpc) is 3.00. The number of likely N-dealkylation sites (N-methyl/N-ethyl adjacent to an activating group) is 1. The fraction of sp³-hybridized carbons (Fsp3) is 0.643. The van der Waals surface area contributed by atoms with Gasteiger partial charge in [0, 0.05) is 44.6 Å². The van der Waals surface area contributed by atoms with Gasteiger partial charge in [-0.1, -0.05) is 6.92 Å². The van der Waals surface area contributed by atoms with E-state index in [9.17, 15) is 4.79 Å². The molecule has 0 bridgehead atoms. The zero-order valence-electron chi connectivity index (χ0n) is 12.3. The van der Waals surface area contributed by atoms with Crippen molar-refractivity contribution in [1.29, 1.82) is 0 Å². The molecule has 110 valence electrons. The summed E-state index contributed by atoms with van der Waals surface area (Å²) in [4.78, 5) is 24.4. The van der Waals surface area contributed by atoms with Crippen LogP contribution in [0.25, 0.3) is 0 Å². The van der Waals surface area contributed by atoms with Crippen molar-refractivity contribution in [2.24, 2.45) is 0 Å². The molecule has 1 aromatic rings. The molecule has 1 N–H and O–H groups in total. The molecule has 1 saturated heterocycles. The van der Waals surface area contributed by atoms with Crippen molar-refractivity contribution < 1.29 is 4.79 Å². The number of aromatic nitrogens is 2. The fourth-order valence-corrected chi connectivity index (χ4v) is 2.25. The Morgan fingerprint density at radius 2 is 2.00 bits per heavy atom. The molecule has 0 radical (unpaired) electrons. The highest BCUT2D eigenvalue weighted by Gasteiger charge is 2.19. The molecule has 1 aromatic heterocycles. The number of rotatable bonds is 6. The smallest absolute Gasteiger partial charge is 0.242 e. The summed E-state index contributed by atoms with van der Waals surface area (Å²) in [6.07, 6.45) is 5.85. The molecular formula is C14H23N5O. The summed E-state index contributed by atoms with van der Waals surface area (Å²) in [6, 6.07) is 0. The van der Waals surface area contributed by atoms with Gasteiger partial charge in [-0.25, -0.2) is 9.97 Å². The summed E-state index contributed by atoms with van der Waals surface area (Å²) >= 11 is 0. The third kappa shape index (κ3) is 3.90. The Morgan fingerprint density at radius 3 is 2.60 bits per heavy atom. The number of nitrogens with one attached hydrogen (secondary N) is 1. The maximum absolute atomic E-state index is 12.1. The third-order valence-corrected chi connectivity index (χ3v) is 3.44. The topological polar surface area (TPSA) is 61.4 Å². The van der Waals surface area contributed by atoms with Gasteiger partial charge in [-0.15, -0.1) is 0 Å². The summed E-state index contributed by atoms with van der Waals surface area (Å²) in [5.41, 5.74) is 1.05. The average molecular weight is 277 g/mol. The lowest BCUT2D eigenvalue weighted by atomic mass is 10.3. The predicted molar refractivity (Wildman–Crippen MR) is 78.5 cm³/mol. The zero-order chi connectivity index (χ0) is 14.4. The standard InChI is InChI=1S/C14H23N5O/c1-3-15-8-12-9-16-14(17-10-12)18(2)11-13(20)19-6-4-5-7-19/h9-10,15H,3-8,11H2,1-2H3. The van der Waals surface area contributed by atoms with Crippen LogP contribution in [0.3, 0.4) is 0 Å². The number of carbonyl (C=O) groups is 1. The molecule has 0 aromatic carbocycles. The summed E-state index contributed by atoms with van der Waals surface area (Å²) in [6.45, 7) is 5.86. The Kier molecular flexibility index (Phi) is 5.29. The second-order valence-corrected chi connectivity index (χ2v) is 5.12. The van der Waals surface area contributed by atoms with Crippen LogP contribution in [-0.2, 0) is 11.3 Å². The van der Waals surface area contributed by atoms with E-state index in [1.54, 1.807) is 4.90 Å². The van der Waals surface area contributed by atoms with E-state index in [4.69, 9.17) is 0 Å². The molecule has 1 aliphatic rings. The first-order valence-electron chi connectivity index (χ1n) is 7.21. The molecule has 6 heteroatoms. The minimum Gasteiger partial charge on any atom is -0.341 e. The van der Waals surface area contributed by atoms with Crippen molar-refractivity contribution in [2.45, 2.75) is 26.3 Å². The first-order valence-corrected chi connectivity index (χ1v) is 7.21. The molecule has 0 spiro atoms. The van der Waals surface area contributed by atoms with Crippen molar-refractivity contribution in [3.63, 3.8) is 0 Å². The Bertz CT molecular complexity index is 428. The molecule has 1 fully saturated rings. The van der Waals surface area contributed by atoms with Gasteiger partial charge in [-0.3, -0.25) is 4.79 Å². The first kappa shape index (κ1) is 14.7. The van der Waals surface area contributed by atoms with Crippen molar-refractivity contribution >= 4 is 11.9 Å². The number of anilines is 1. The Morgan fingerprint density at radius 1 is 1.35 bits per heavy atom. The van der Waals surface area contributed by atoms with Gasteiger partial charge in [0.2, 0.25) is 11.9 Å². The maximum atomic E-state index is 12.1. The van der Waals surface area contributed by atoms with Gasteiger partial charge in [0.1, 0.15) is 0 Å². The van der Waals surface area contributed by atoms with Gasteiger partial charge < -0.3 is 15.1 Å². The van der Waals surface area contributed by atoms with E-state index < -0.39 is 0 Å². The molecular weight excluding hydrogens is 254 g/mol. The van der Waals surface area contributed by atoms with Crippen LogP contribution < -0.4 is 10.2 Å². The molecule has 2 heterocycles. The van der Waals surface area contributed by atoms with E-state index in [1.807, 2.05) is 24.3 Å². The van der Waals surface area contributed by atoms with E-state index in [-0.39, 0.29) is 5.91 Å². The van der Waals surface area contributed by atoms with Crippen LogP contribution in [0.4, 0.5) is 5.95 Å². The molecule has 0 unspecified atom stereocenters. The van der Waals surface area contributed by atoms with E-state index in [0.29, 0.717) is 12.5 Å². The highest BCUT2D eigenvalue weighted by molar-refractivity contribution is 5.81. The summed E-state index contributed by atoms with van der Waals surface area (Å²) < 4.78 is 0. The van der Waals surface area contributed by atoms with Crippen LogP contribution in [0.2, 0.25) is 0 Å². The Labute approximate surface area is 120 Å². The quantitative estimate of drug-likeness (QED) is 0.827. The van der Waals surface area contributed by atoms with E-state index >= 15 is 0 Å². The largest absolute Gasteiger partial charge is 0.341 e. The van der Waals surface area contributed by atoms with Crippen LogP contribution in [0, 0.1) is 0 Å². The number of amides is 1. The zero-order valence-corrected chi connectivity index (χ0v) is 12.3. The highest BCUT2D eigenvalue weighted by Crippen LogP contribution is 2.10. The maximum Gasteiger partial charge on any atom is 0.242 e. The number of nitrogens with zero attached hydrogens (tertiary/aromatic N) is 4. The normalized spacial score (nSPS) is 14.6. The lowest BCUT2D eigenvalue weighted by Gasteiger charge is -2.21. The van der Waals surface area contributed by atoms with Crippen LogP contribution in [0.1, 0.15) is 25.3 Å². The molecule has 0 saturated carbocycles. The molecule has 20 heavy (non-hydrogen) atoms. The van der Waals surface area contributed by atoms with Crippen molar-refractivity contribution in [2.75, 3.05) is 38.1 Å². The van der Waals surface area contributed by atoms with Crippen molar-refractivity contribution in [3.8, 4) is 0 Å². The minimum atomic E-state index is 0.158. The molecule has 0 aliphatic carbocycles. The minimum absolute atomic E-state index is 0.158. The van der Waals surface area contributed by atoms with Gasteiger partial charge in [0.25, 0.3) is 0 Å². The van der Waals surface area contributed by atoms with Crippen molar-refractivity contribution in [1.82, 2.24) is 20.2 Å². The van der Waals surface area contributed by atoms with Gasteiger partial charge >= 0.3 is 0 Å². The van der Waals surface area contributed by atoms with Gasteiger partial charge in [0.15, 0.2) is 0 Å². The summed E-state index contributed by atoms with van der Waals surface area (Å²) in [5.74, 6) is 0.753. The van der Waals surface area contributed by atoms with Crippen molar-refractivity contribution in [3.05, 3.63) is 18.0 Å². The van der Waals surface area contributed by atoms with Crippen LogP contribution in [0.15, 0.2) is 12.4 Å². The second kappa shape index (κ2) is 7.19. The lowest BCUT2D eigenvalue weighted by molar-refractivity contribution is -0.128. The Hall–Kier alpha value is -1.69. The number of likely N-dealkylation sites (tertiary alicyclic amines) is 1. The highest BCUT2D eigenvalue weighted by atomic mass is 16.2. The number of hydrogen-bond donors (Lipinski definition) is 1. The Balaban J connectivity index is 1.88. The van der Waals surface area contributed by atoms with Gasteiger partial charge in [-0.2, -0.15) is 0 Å². The summed E-state index contributed by atoms with van der Waals surface area (Å²) in [7, 11) is 1.85. The summed E-state index contributed by atoms with van der Waals surface area (Å²) in [5, 5.41) is 3.23. The third-order valence-electron chi connectivity index (χ3n) is 3.44. The number of hydrogen-bond acceptors (Lipinski definition) is 5. The van der Waals surface area contributed by atoms with Crippen LogP contribution in [0.5, 0.6) is 0 Å². The lowest BCUT2D eigenvalue weighted by Crippen LogP contribution is -2.37. The van der Waals surface area contributed by atoms with Crippen LogP contribution in [-0.4, -0.2) is 54.0 Å². The molecule has 1 amide bonds. The predicted octanol–water partition coefficient (Wildman–Crippen LogP) is 0.645. The molecule has 6 nitrogen and oxygen atoms in total. The monoisotopic (exact) mass is 277 g/mol. The fourth-order valence-electron chi connectivity index (χ4n) is 2.25. The van der Waals surface area contributed by atoms with E-state index in [1.165, 1.54) is 0 Å². The van der Waals surface area contributed by atoms with Gasteiger partial charge in [0.05, 0.1) is 6.54 Å². The molecule has 0 atom stereocenters. The van der Waals surface area contributed by atoms with E-state index in [2.05, 4.69) is 22.2 Å². The number of carbonyl (C=O) groups excluding carboxylic acids is 1. The SMILES string of the molecule is CCNCc1cnc(N(C)CC(=O)N2CCCC2)nc1. The van der Waals surface area contributed by atoms with E-state index in [0.717, 1.165) is 44.6 Å². The second-order valence-electron chi connectivity index (χ2n) is 5.12. The first-order chi connectivity index (χ1) is 9.70.